The van der Waals surface area contributed by atoms with Gasteiger partial charge < -0.3 is 15.0 Å². The highest BCUT2D eigenvalue weighted by molar-refractivity contribution is 5.78. The standard InChI is InChI=1S/C16H32N2O3/c1-4-7-12-18(13-8-5-2)15(19)14-17-11-9-10-16(20)21-6-3/h17H,4-14H2,1-3H3. The van der Waals surface area contributed by atoms with Gasteiger partial charge >= 0.3 is 5.97 Å². The van der Waals surface area contributed by atoms with E-state index in [0.29, 0.717) is 32.5 Å². The van der Waals surface area contributed by atoms with E-state index < -0.39 is 0 Å². The number of nitrogens with zero attached hydrogens (tertiary/aromatic N) is 1. The normalized spacial score (nSPS) is 10.4. The number of hydrogen-bond donors (Lipinski definition) is 1. The molecule has 1 N–H and O–H groups in total. The molecule has 0 aliphatic carbocycles. The highest BCUT2D eigenvalue weighted by Gasteiger charge is 2.11. The third kappa shape index (κ3) is 11.3. The summed E-state index contributed by atoms with van der Waals surface area (Å²) in [5.41, 5.74) is 0. The van der Waals surface area contributed by atoms with Crippen LogP contribution in [0.5, 0.6) is 0 Å². The lowest BCUT2D eigenvalue weighted by atomic mass is 10.2. The fourth-order valence-corrected chi connectivity index (χ4v) is 1.96. The van der Waals surface area contributed by atoms with E-state index in [2.05, 4.69) is 19.2 Å². The second-order valence-corrected chi connectivity index (χ2v) is 5.17. The summed E-state index contributed by atoms with van der Waals surface area (Å²) in [6.45, 7) is 9.21. The number of ether oxygens (including phenoxy) is 1. The molecule has 0 aliphatic heterocycles. The van der Waals surface area contributed by atoms with Crippen LogP contribution in [0, 0.1) is 0 Å². The maximum absolute atomic E-state index is 12.1. The van der Waals surface area contributed by atoms with Gasteiger partial charge in [0.25, 0.3) is 0 Å². The second-order valence-electron chi connectivity index (χ2n) is 5.17. The number of unbranched alkanes of at least 4 members (excludes halogenated alkanes) is 2. The number of amides is 1. The molecule has 0 aliphatic rings. The first kappa shape index (κ1) is 19.9. The van der Waals surface area contributed by atoms with E-state index in [0.717, 1.165) is 38.8 Å². The molecule has 1 amide bonds. The predicted molar refractivity (Wildman–Crippen MR) is 85.1 cm³/mol. The van der Waals surface area contributed by atoms with Crippen LogP contribution in [0.4, 0.5) is 0 Å². The molecule has 0 bridgehead atoms. The van der Waals surface area contributed by atoms with E-state index in [9.17, 15) is 9.59 Å². The number of esters is 1. The summed E-state index contributed by atoms with van der Waals surface area (Å²) in [7, 11) is 0. The van der Waals surface area contributed by atoms with Crippen LogP contribution in [0.2, 0.25) is 0 Å². The third-order valence-corrected chi connectivity index (χ3v) is 3.23. The zero-order chi connectivity index (χ0) is 15.9. The van der Waals surface area contributed by atoms with Gasteiger partial charge in [-0.3, -0.25) is 9.59 Å². The fourth-order valence-electron chi connectivity index (χ4n) is 1.96. The average Bonchev–Trinajstić information content (AvgIpc) is 2.47. The van der Waals surface area contributed by atoms with Gasteiger partial charge in [-0.2, -0.15) is 0 Å². The van der Waals surface area contributed by atoms with Crippen molar-refractivity contribution in [2.75, 3.05) is 32.8 Å². The summed E-state index contributed by atoms with van der Waals surface area (Å²) >= 11 is 0. The molecule has 5 nitrogen and oxygen atoms in total. The van der Waals surface area contributed by atoms with Gasteiger partial charge in [-0.15, -0.1) is 0 Å². The van der Waals surface area contributed by atoms with Crippen molar-refractivity contribution in [3.8, 4) is 0 Å². The van der Waals surface area contributed by atoms with E-state index in [1.54, 1.807) is 6.92 Å². The van der Waals surface area contributed by atoms with Crippen molar-refractivity contribution in [1.82, 2.24) is 10.2 Å². The van der Waals surface area contributed by atoms with Gasteiger partial charge in [0.1, 0.15) is 0 Å². The molecule has 21 heavy (non-hydrogen) atoms. The summed E-state index contributed by atoms with van der Waals surface area (Å²) in [5, 5.41) is 3.12. The molecular formula is C16H32N2O3. The van der Waals surface area contributed by atoms with Crippen LogP contribution in [0.1, 0.15) is 59.3 Å². The summed E-state index contributed by atoms with van der Waals surface area (Å²) in [6, 6.07) is 0. The molecule has 0 saturated heterocycles. The quantitative estimate of drug-likeness (QED) is 0.419. The zero-order valence-electron chi connectivity index (χ0n) is 14.0. The maximum Gasteiger partial charge on any atom is 0.305 e. The van der Waals surface area contributed by atoms with Gasteiger partial charge in [-0.05, 0) is 32.7 Å². The lowest BCUT2D eigenvalue weighted by Crippen LogP contribution is -2.39. The Labute approximate surface area is 129 Å². The average molecular weight is 300 g/mol. The minimum absolute atomic E-state index is 0.160. The van der Waals surface area contributed by atoms with Crippen LogP contribution in [-0.4, -0.2) is 49.6 Å². The Morgan fingerprint density at radius 3 is 2.14 bits per heavy atom. The third-order valence-electron chi connectivity index (χ3n) is 3.23. The van der Waals surface area contributed by atoms with Crippen LogP contribution in [0.15, 0.2) is 0 Å². The minimum Gasteiger partial charge on any atom is -0.466 e. The monoisotopic (exact) mass is 300 g/mol. The van der Waals surface area contributed by atoms with Gasteiger partial charge in [-0.1, -0.05) is 26.7 Å². The molecule has 0 heterocycles. The Kier molecular flexibility index (Phi) is 13.1. The molecule has 0 spiro atoms. The lowest BCUT2D eigenvalue weighted by Gasteiger charge is -2.22. The molecule has 0 fully saturated rings. The van der Waals surface area contributed by atoms with Crippen LogP contribution in [0.25, 0.3) is 0 Å². The van der Waals surface area contributed by atoms with Crippen molar-refractivity contribution in [2.24, 2.45) is 0 Å². The molecule has 0 saturated carbocycles. The zero-order valence-corrected chi connectivity index (χ0v) is 14.0. The fraction of sp³-hybridized carbons (Fsp3) is 0.875. The van der Waals surface area contributed by atoms with Gasteiger partial charge in [0.2, 0.25) is 5.91 Å². The Bertz CT molecular complexity index is 275. The maximum atomic E-state index is 12.1. The Balaban J connectivity index is 3.82. The first-order chi connectivity index (χ1) is 10.2. The topological polar surface area (TPSA) is 58.6 Å². The smallest absolute Gasteiger partial charge is 0.305 e. The highest BCUT2D eigenvalue weighted by Crippen LogP contribution is 2.00. The number of carbonyl (C=O) groups is 2. The van der Waals surface area contributed by atoms with E-state index >= 15 is 0 Å². The second kappa shape index (κ2) is 13.9. The van der Waals surface area contributed by atoms with E-state index in [-0.39, 0.29) is 11.9 Å². The van der Waals surface area contributed by atoms with Gasteiger partial charge in [0.15, 0.2) is 0 Å². The van der Waals surface area contributed by atoms with Gasteiger partial charge in [0, 0.05) is 19.5 Å². The number of carbonyl (C=O) groups excluding carboxylic acids is 2. The molecule has 0 atom stereocenters. The van der Waals surface area contributed by atoms with Crippen LogP contribution in [-0.2, 0) is 14.3 Å². The first-order valence-electron chi connectivity index (χ1n) is 8.29. The van der Waals surface area contributed by atoms with Crippen LogP contribution < -0.4 is 5.32 Å². The molecule has 0 aromatic rings. The molecule has 0 aromatic heterocycles. The van der Waals surface area contributed by atoms with Crippen molar-refractivity contribution in [3.05, 3.63) is 0 Å². The van der Waals surface area contributed by atoms with E-state index in [1.165, 1.54) is 0 Å². The summed E-state index contributed by atoms with van der Waals surface area (Å²) in [5.74, 6) is -0.00817. The Hall–Kier alpha value is -1.10. The number of nitrogens with one attached hydrogen (secondary N) is 1. The summed E-state index contributed by atoms with van der Waals surface area (Å²) < 4.78 is 4.85. The number of hydrogen-bond acceptors (Lipinski definition) is 4. The molecule has 124 valence electrons. The van der Waals surface area contributed by atoms with Crippen molar-refractivity contribution < 1.29 is 14.3 Å². The van der Waals surface area contributed by atoms with E-state index in [4.69, 9.17) is 4.74 Å². The summed E-state index contributed by atoms with van der Waals surface area (Å²) in [6.07, 6.45) is 5.42. The Morgan fingerprint density at radius 1 is 1.00 bits per heavy atom. The van der Waals surface area contributed by atoms with Crippen LogP contribution >= 0.6 is 0 Å². The minimum atomic E-state index is -0.168. The van der Waals surface area contributed by atoms with Crippen molar-refractivity contribution in [2.45, 2.75) is 59.3 Å². The summed E-state index contributed by atoms with van der Waals surface area (Å²) in [4.78, 5) is 25.2. The van der Waals surface area contributed by atoms with Crippen LogP contribution in [0.3, 0.4) is 0 Å². The molecule has 0 unspecified atom stereocenters. The molecule has 0 rings (SSSR count). The SMILES string of the molecule is CCCCN(CCCC)C(=O)CNCCCC(=O)OCC. The largest absolute Gasteiger partial charge is 0.466 e. The molecule has 5 heteroatoms. The van der Waals surface area contributed by atoms with E-state index in [1.807, 2.05) is 4.90 Å². The van der Waals surface area contributed by atoms with Crippen molar-refractivity contribution in [3.63, 3.8) is 0 Å². The highest BCUT2D eigenvalue weighted by atomic mass is 16.5. The predicted octanol–water partition coefficient (Wildman–Crippen LogP) is 2.35. The van der Waals surface area contributed by atoms with Gasteiger partial charge in [-0.25, -0.2) is 0 Å². The van der Waals surface area contributed by atoms with Crippen molar-refractivity contribution >= 4 is 11.9 Å². The molecule has 0 aromatic carbocycles. The van der Waals surface area contributed by atoms with Crippen molar-refractivity contribution in [1.29, 1.82) is 0 Å². The lowest BCUT2D eigenvalue weighted by molar-refractivity contribution is -0.143. The van der Waals surface area contributed by atoms with Gasteiger partial charge in [0.05, 0.1) is 13.2 Å². The Morgan fingerprint density at radius 2 is 1.62 bits per heavy atom. The molecular weight excluding hydrogens is 268 g/mol. The number of rotatable bonds is 13. The molecule has 0 radical (unpaired) electrons. The first-order valence-corrected chi connectivity index (χ1v) is 8.29.